The summed E-state index contributed by atoms with van der Waals surface area (Å²) in [6.45, 7) is 5.21. The minimum absolute atomic E-state index is 0.0209. The second-order valence-electron chi connectivity index (χ2n) is 12.4. The summed E-state index contributed by atoms with van der Waals surface area (Å²) in [5.74, 6) is -1.99. The van der Waals surface area contributed by atoms with Crippen LogP contribution in [-0.4, -0.2) is 9.97 Å². The normalized spacial score (nSPS) is 14.3. The molecule has 0 spiro atoms. The van der Waals surface area contributed by atoms with E-state index in [0.29, 0.717) is 11.3 Å². The molecule has 0 saturated heterocycles. The van der Waals surface area contributed by atoms with E-state index in [4.69, 9.17) is 13.5 Å². The van der Waals surface area contributed by atoms with Crippen LogP contribution in [-0.2, 0) is 0 Å². The molecule has 0 aliphatic heterocycles. The number of aromatic nitrogens is 2. The van der Waals surface area contributed by atoms with Gasteiger partial charge >= 0.3 is 0 Å². The van der Waals surface area contributed by atoms with Crippen LogP contribution >= 0.6 is 0 Å². The Balaban J connectivity index is 1.30. The monoisotopic (exact) mass is 601 g/mol. The third-order valence-corrected chi connectivity index (χ3v) is 8.98. The third-order valence-electron chi connectivity index (χ3n) is 8.98. The van der Waals surface area contributed by atoms with Gasteiger partial charge in [0.15, 0.2) is 0 Å². The summed E-state index contributed by atoms with van der Waals surface area (Å²) in [5, 5.41) is 6.27. The van der Waals surface area contributed by atoms with Crippen molar-refractivity contribution in [1.29, 1.82) is 0 Å². The number of hydrogen-bond donors (Lipinski definition) is 0. The first-order valence-electron chi connectivity index (χ1n) is 18.1. The van der Waals surface area contributed by atoms with Crippen LogP contribution in [0.2, 0.25) is 0 Å². The Bertz CT molecular complexity index is 2630. The van der Waals surface area contributed by atoms with E-state index < -0.39 is 18.6 Å². The van der Waals surface area contributed by atoms with E-state index in [9.17, 15) is 2.74 Å². The fourth-order valence-electron chi connectivity index (χ4n) is 6.72. The number of nitrogens with zero attached hydrogens (tertiary/aromatic N) is 2. The van der Waals surface area contributed by atoms with Crippen LogP contribution in [0.4, 0.5) is 0 Å². The second-order valence-corrected chi connectivity index (χ2v) is 12.4. The van der Waals surface area contributed by atoms with E-state index in [1.807, 2.05) is 58.0 Å². The molecule has 3 heterocycles. The lowest BCUT2D eigenvalue weighted by atomic mass is 9.82. The minimum atomic E-state index is -2.35. The standard InChI is InChI=1S/C43H36N2O/c1-25(2)38-22-32(29-16-18-34-30(21-29)15-14-28-9-6-7-10-33(28)34)23-39(26(3)4)41(38)31-19-20-44-40(24-31)37-12-8-11-35-36-17-13-27(5)45-43(36)46-42(35)37/h6-26H,1-5H3/i5D3,25D,26D. The van der Waals surface area contributed by atoms with Gasteiger partial charge in [-0.2, -0.15) is 0 Å². The van der Waals surface area contributed by atoms with Gasteiger partial charge in [0.1, 0.15) is 5.58 Å². The van der Waals surface area contributed by atoms with Crippen LogP contribution in [0.5, 0.6) is 0 Å². The summed E-state index contributed by atoms with van der Waals surface area (Å²) >= 11 is 0. The van der Waals surface area contributed by atoms with Crippen molar-refractivity contribution in [2.24, 2.45) is 0 Å². The van der Waals surface area contributed by atoms with Crippen molar-refractivity contribution in [3.8, 4) is 33.5 Å². The number of rotatable bonds is 5. The molecular weight excluding hydrogens is 560 g/mol. The molecule has 0 atom stereocenters. The van der Waals surface area contributed by atoms with E-state index in [1.54, 1.807) is 12.3 Å². The van der Waals surface area contributed by atoms with Gasteiger partial charge in [0.2, 0.25) is 5.71 Å². The van der Waals surface area contributed by atoms with Crippen LogP contribution in [0.25, 0.3) is 77.1 Å². The van der Waals surface area contributed by atoms with Gasteiger partial charge in [-0.3, -0.25) is 4.98 Å². The van der Waals surface area contributed by atoms with E-state index >= 15 is 0 Å². The van der Waals surface area contributed by atoms with Crippen LogP contribution in [0, 0.1) is 6.85 Å². The number of para-hydroxylation sites is 1. The number of pyridine rings is 2. The molecule has 0 aliphatic carbocycles. The highest BCUT2D eigenvalue weighted by atomic mass is 16.3. The molecule has 3 aromatic heterocycles. The molecule has 46 heavy (non-hydrogen) atoms. The van der Waals surface area contributed by atoms with Crippen LogP contribution in [0.1, 0.15) is 63.2 Å². The average molecular weight is 602 g/mol. The molecule has 8 aromatic rings. The molecule has 0 bridgehead atoms. The lowest BCUT2D eigenvalue weighted by Crippen LogP contribution is -2.02. The second kappa shape index (κ2) is 11.0. The van der Waals surface area contributed by atoms with E-state index in [0.717, 1.165) is 55.1 Å². The Kier molecular flexibility index (Phi) is 5.51. The van der Waals surface area contributed by atoms with Crippen LogP contribution in [0.15, 0.2) is 120 Å². The fourth-order valence-corrected chi connectivity index (χ4v) is 6.72. The van der Waals surface area contributed by atoms with Crippen molar-refractivity contribution in [1.82, 2.24) is 9.97 Å². The Morgan fingerprint density at radius 1 is 0.630 bits per heavy atom. The maximum Gasteiger partial charge on any atom is 0.227 e. The quantitative estimate of drug-likeness (QED) is 0.184. The molecule has 3 nitrogen and oxygen atoms in total. The van der Waals surface area contributed by atoms with Gasteiger partial charge in [-0.1, -0.05) is 100 Å². The first-order valence-corrected chi connectivity index (χ1v) is 15.6. The third kappa shape index (κ3) is 4.66. The molecule has 0 unspecified atom stereocenters. The van der Waals surface area contributed by atoms with Crippen molar-refractivity contribution in [3.63, 3.8) is 0 Å². The summed E-state index contributed by atoms with van der Waals surface area (Å²) in [7, 11) is 0. The summed E-state index contributed by atoms with van der Waals surface area (Å²) in [5.41, 5.74) is 7.50. The maximum atomic E-state index is 9.35. The zero-order valence-corrected chi connectivity index (χ0v) is 26.3. The van der Waals surface area contributed by atoms with Crippen molar-refractivity contribution < 1.29 is 11.3 Å². The van der Waals surface area contributed by atoms with Crippen LogP contribution in [0.3, 0.4) is 0 Å². The minimum Gasteiger partial charge on any atom is -0.437 e. The molecule has 0 radical (unpaired) electrons. The van der Waals surface area contributed by atoms with E-state index in [-0.39, 0.29) is 11.4 Å². The Morgan fingerprint density at radius 2 is 1.37 bits per heavy atom. The molecule has 0 fully saturated rings. The first kappa shape index (κ1) is 23.1. The number of aryl methyl sites for hydroxylation is 1. The van der Waals surface area contributed by atoms with Gasteiger partial charge < -0.3 is 4.42 Å². The van der Waals surface area contributed by atoms with Gasteiger partial charge in [-0.25, -0.2) is 4.98 Å². The summed E-state index contributed by atoms with van der Waals surface area (Å²) < 4.78 is 48.3. The zero-order chi connectivity index (χ0) is 35.9. The van der Waals surface area contributed by atoms with Crippen molar-refractivity contribution in [3.05, 3.63) is 132 Å². The highest BCUT2D eigenvalue weighted by molar-refractivity contribution is 6.09. The molecule has 5 aromatic carbocycles. The number of fused-ring (bicyclic) bond motifs is 6. The van der Waals surface area contributed by atoms with E-state index in [1.165, 1.54) is 22.2 Å². The van der Waals surface area contributed by atoms with Gasteiger partial charge in [-0.05, 0) is 110 Å². The molecule has 0 saturated carbocycles. The summed E-state index contributed by atoms with van der Waals surface area (Å²) in [4.78, 5) is 9.08. The van der Waals surface area contributed by atoms with Gasteiger partial charge in [0, 0.05) is 35.1 Å². The fraction of sp³-hybridized carbons (Fsp3) is 0.163. The number of furan rings is 1. The average Bonchev–Trinajstić information content (AvgIpc) is 3.48. The highest BCUT2D eigenvalue weighted by Gasteiger charge is 2.20. The molecule has 0 N–H and O–H groups in total. The summed E-state index contributed by atoms with van der Waals surface area (Å²) in [6.07, 6.45) is 1.75. The zero-order valence-electron chi connectivity index (χ0n) is 31.3. The van der Waals surface area contributed by atoms with Gasteiger partial charge in [0.25, 0.3) is 0 Å². The molecule has 8 rings (SSSR count). The molecule has 3 heteroatoms. The van der Waals surface area contributed by atoms with Gasteiger partial charge in [-0.15, -0.1) is 0 Å². The lowest BCUT2D eigenvalue weighted by Gasteiger charge is -2.23. The topological polar surface area (TPSA) is 38.9 Å². The smallest absolute Gasteiger partial charge is 0.227 e. The van der Waals surface area contributed by atoms with Crippen LogP contribution < -0.4 is 0 Å². The molecule has 0 aliphatic rings. The number of benzene rings is 5. The summed E-state index contributed by atoms with van der Waals surface area (Å²) in [6, 6.07) is 36.4. The van der Waals surface area contributed by atoms with Gasteiger partial charge in [0.05, 0.1) is 5.69 Å². The predicted molar refractivity (Wildman–Crippen MR) is 194 cm³/mol. The number of hydrogen-bond acceptors (Lipinski definition) is 3. The largest absolute Gasteiger partial charge is 0.437 e. The maximum absolute atomic E-state index is 9.35. The Morgan fingerprint density at radius 3 is 2.17 bits per heavy atom. The predicted octanol–water partition coefficient (Wildman–Crippen LogP) is 12.2. The Hall–Kier alpha value is -5.28. The SMILES string of the molecule is [2H]C([2H])([2H])c1ccc2c(n1)oc1c(-c3cc(-c4c(C([2H])(C)C)cc(-c5ccc6c(ccc7ccccc76)c5)cc4C([2H])(C)C)ccn3)cccc12. The lowest BCUT2D eigenvalue weighted by molar-refractivity contribution is 0.653. The van der Waals surface area contributed by atoms with Crippen molar-refractivity contribution in [2.45, 2.75) is 46.3 Å². The molecular formula is C43H36N2O. The van der Waals surface area contributed by atoms with Crippen molar-refractivity contribution >= 4 is 43.6 Å². The Labute approximate surface area is 276 Å². The highest BCUT2D eigenvalue weighted by Crippen LogP contribution is 2.42. The first-order chi connectivity index (χ1) is 24.2. The molecule has 224 valence electrons. The van der Waals surface area contributed by atoms with E-state index in [2.05, 4.69) is 71.7 Å². The van der Waals surface area contributed by atoms with Crippen molar-refractivity contribution in [2.75, 3.05) is 0 Å². The molecule has 0 amide bonds.